The first-order chi connectivity index (χ1) is 8.76. The Kier molecular flexibility index (Phi) is 7.79. The van der Waals surface area contributed by atoms with E-state index in [1.54, 1.807) is 6.92 Å². The van der Waals surface area contributed by atoms with Crippen molar-refractivity contribution in [2.45, 2.75) is 52.6 Å². The Balaban J connectivity index is 4.31. The molecule has 0 saturated heterocycles. The summed E-state index contributed by atoms with van der Waals surface area (Å²) in [7, 11) is 0. The first kappa shape index (κ1) is 17.4. The van der Waals surface area contributed by atoms with Gasteiger partial charge in [-0.3, -0.25) is 0 Å². The van der Waals surface area contributed by atoms with Gasteiger partial charge in [-0.15, -0.1) is 0 Å². The van der Waals surface area contributed by atoms with Crippen LogP contribution >= 0.6 is 0 Å². The summed E-state index contributed by atoms with van der Waals surface area (Å²) in [5.74, 6) is -1.10. The highest BCUT2D eigenvalue weighted by atomic mass is 16.4. The number of carboxylic acids is 1. The predicted octanol–water partition coefficient (Wildman–Crippen LogP) is 1.40. The Morgan fingerprint density at radius 1 is 1.11 bits per heavy atom. The molecular weight excluding hydrogens is 248 g/mol. The maximum atomic E-state index is 11.6. The van der Waals surface area contributed by atoms with E-state index in [-0.39, 0.29) is 12.5 Å². The van der Waals surface area contributed by atoms with Gasteiger partial charge in [-0.2, -0.15) is 0 Å². The van der Waals surface area contributed by atoms with E-state index in [2.05, 4.69) is 10.6 Å². The number of aliphatic carboxylic acids is 1. The maximum absolute atomic E-state index is 11.6. The molecule has 0 aromatic rings. The van der Waals surface area contributed by atoms with Crippen molar-refractivity contribution in [1.29, 1.82) is 0 Å². The molecule has 0 heterocycles. The fraction of sp³-hybridized carbons (Fsp3) is 0.769. The van der Waals surface area contributed by atoms with Crippen LogP contribution < -0.4 is 10.6 Å². The lowest BCUT2D eigenvalue weighted by Crippen LogP contribution is -2.49. The molecule has 0 aliphatic carbocycles. The number of aldehydes is 1. The van der Waals surface area contributed by atoms with Crippen molar-refractivity contribution < 1.29 is 19.5 Å². The normalized spacial score (nSPS) is 15.4. The van der Waals surface area contributed by atoms with Crippen molar-refractivity contribution in [3.05, 3.63) is 0 Å². The van der Waals surface area contributed by atoms with E-state index < -0.39 is 24.0 Å². The Labute approximate surface area is 113 Å². The number of urea groups is 1. The van der Waals surface area contributed by atoms with Crippen LogP contribution in [0.2, 0.25) is 0 Å². The molecule has 0 aliphatic heterocycles. The SMILES string of the molecule is CC(C)CC(C)NC(=O)NC(CC(C)C=O)C(=O)O. The van der Waals surface area contributed by atoms with Crippen LogP contribution in [0, 0.1) is 11.8 Å². The first-order valence-electron chi connectivity index (χ1n) is 6.51. The van der Waals surface area contributed by atoms with E-state index in [0.29, 0.717) is 12.2 Å². The lowest BCUT2D eigenvalue weighted by molar-refractivity contribution is -0.139. The second kappa shape index (κ2) is 8.50. The van der Waals surface area contributed by atoms with Gasteiger partial charge in [-0.1, -0.05) is 20.8 Å². The fourth-order valence-corrected chi connectivity index (χ4v) is 1.84. The first-order valence-corrected chi connectivity index (χ1v) is 6.51. The minimum absolute atomic E-state index is 0.0297. The average Bonchev–Trinajstić information content (AvgIpc) is 2.26. The molecule has 0 aromatic carbocycles. The van der Waals surface area contributed by atoms with E-state index >= 15 is 0 Å². The van der Waals surface area contributed by atoms with E-state index in [0.717, 1.165) is 6.42 Å². The Morgan fingerprint density at radius 3 is 2.11 bits per heavy atom. The van der Waals surface area contributed by atoms with Crippen LogP contribution in [0.4, 0.5) is 4.79 Å². The summed E-state index contributed by atoms with van der Waals surface area (Å²) < 4.78 is 0. The third-order valence-electron chi connectivity index (χ3n) is 2.65. The molecule has 3 unspecified atom stereocenters. The molecular formula is C13H24N2O4. The Morgan fingerprint density at radius 2 is 1.68 bits per heavy atom. The average molecular weight is 272 g/mol. The van der Waals surface area contributed by atoms with Crippen LogP contribution in [0.15, 0.2) is 0 Å². The van der Waals surface area contributed by atoms with E-state index in [4.69, 9.17) is 5.11 Å². The minimum atomic E-state index is -1.14. The monoisotopic (exact) mass is 272 g/mol. The van der Waals surface area contributed by atoms with Gasteiger partial charge in [0.15, 0.2) is 0 Å². The lowest BCUT2D eigenvalue weighted by Gasteiger charge is -2.20. The molecule has 2 amide bonds. The van der Waals surface area contributed by atoms with Crippen LogP contribution in [-0.4, -0.2) is 35.5 Å². The minimum Gasteiger partial charge on any atom is -0.480 e. The van der Waals surface area contributed by atoms with Crippen LogP contribution in [-0.2, 0) is 9.59 Å². The Bertz CT molecular complexity index is 318. The summed E-state index contributed by atoms with van der Waals surface area (Å²) in [6.45, 7) is 7.57. The van der Waals surface area contributed by atoms with Gasteiger partial charge in [0.25, 0.3) is 0 Å². The molecule has 0 radical (unpaired) electrons. The van der Waals surface area contributed by atoms with Crippen LogP contribution in [0.5, 0.6) is 0 Å². The van der Waals surface area contributed by atoms with E-state index in [1.807, 2.05) is 20.8 Å². The second-order valence-corrected chi connectivity index (χ2v) is 5.39. The maximum Gasteiger partial charge on any atom is 0.326 e. The van der Waals surface area contributed by atoms with Crippen molar-refractivity contribution in [2.24, 2.45) is 11.8 Å². The van der Waals surface area contributed by atoms with Gasteiger partial charge in [-0.25, -0.2) is 9.59 Å². The molecule has 0 aromatic heterocycles. The van der Waals surface area contributed by atoms with Crippen molar-refractivity contribution in [3.63, 3.8) is 0 Å². The molecule has 6 heteroatoms. The Hall–Kier alpha value is -1.59. The highest BCUT2D eigenvalue weighted by Gasteiger charge is 2.22. The van der Waals surface area contributed by atoms with Gasteiger partial charge in [0, 0.05) is 12.0 Å². The molecule has 0 aliphatic rings. The number of carbonyl (C=O) groups is 3. The number of carbonyl (C=O) groups excluding carboxylic acids is 2. The van der Waals surface area contributed by atoms with Crippen molar-refractivity contribution in [3.8, 4) is 0 Å². The summed E-state index contributed by atoms with van der Waals surface area (Å²) >= 11 is 0. The van der Waals surface area contributed by atoms with E-state index in [1.165, 1.54) is 0 Å². The van der Waals surface area contributed by atoms with Gasteiger partial charge in [0.1, 0.15) is 12.3 Å². The zero-order chi connectivity index (χ0) is 15.0. The highest BCUT2D eigenvalue weighted by Crippen LogP contribution is 2.05. The second-order valence-electron chi connectivity index (χ2n) is 5.39. The fourth-order valence-electron chi connectivity index (χ4n) is 1.84. The van der Waals surface area contributed by atoms with Gasteiger partial charge < -0.3 is 20.5 Å². The van der Waals surface area contributed by atoms with Gasteiger partial charge in [0.2, 0.25) is 0 Å². The number of carboxylic acid groups (broad SMARTS) is 1. The molecule has 6 nitrogen and oxygen atoms in total. The zero-order valence-electron chi connectivity index (χ0n) is 12.0. The number of hydrogen-bond acceptors (Lipinski definition) is 3. The number of nitrogens with one attached hydrogen (secondary N) is 2. The van der Waals surface area contributed by atoms with Crippen LogP contribution in [0.1, 0.15) is 40.5 Å². The van der Waals surface area contributed by atoms with Crippen LogP contribution in [0.3, 0.4) is 0 Å². The standard InChI is InChI=1S/C13H24N2O4/c1-8(2)5-10(4)14-13(19)15-11(12(17)18)6-9(3)7-16/h7-11H,5-6H2,1-4H3,(H,17,18)(H2,14,15,19). The van der Waals surface area contributed by atoms with E-state index in [9.17, 15) is 14.4 Å². The molecule has 0 fully saturated rings. The van der Waals surface area contributed by atoms with Crippen molar-refractivity contribution in [1.82, 2.24) is 10.6 Å². The number of rotatable bonds is 8. The van der Waals surface area contributed by atoms with Gasteiger partial charge >= 0.3 is 12.0 Å². The molecule has 3 atom stereocenters. The highest BCUT2D eigenvalue weighted by molar-refractivity contribution is 5.82. The number of hydrogen-bond donors (Lipinski definition) is 3. The summed E-state index contributed by atoms with van der Waals surface area (Å²) in [5.41, 5.74) is 0. The molecule has 3 N–H and O–H groups in total. The molecule has 110 valence electrons. The third kappa shape index (κ3) is 8.18. The van der Waals surface area contributed by atoms with Crippen LogP contribution in [0.25, 0.3) is 0 Å². The smallest absolute Gasteiger partial charge is 0.326 e. The lowest BCUT2D eigenvalue weighted by atomic mass is 10.0. The quantitative estimate of drug-likeness (QED) is 0.582. The molecule has 0 rings (SSSR count). The number of amides is 2. The summed E-state index contributed by atoms with van der Waals surface area (Å²) in [4.78, 5) is 33.2. The topological polar surface area (TPSA) is 95.5 Å². The summed E-state index contributed by atoms with van der Waals surface area (Å²) in [6, 6.07) is -1.59. The van der Waals surface area contributed by atoms with Crippen molar-refractivity contribution >= 4 is 18.3 Å². The zero-order valence-corrected chi connectivity index (χ0v) is 12.0. The van der Waals surface area contributed by atoms with Gasteiger partial charge in [0.05, 0.1) is 0 Å². The van der Waals surface area contributed by atoms with Crippen molar-refractivity contribution in [2.75, 3.05) is 0 Å². The molecule has 0 spiro atoms. The summed E-state index contributed by atoms with van der Waals surface area (Å²) in [6.07, 6.45) is 1.58. The molecule has 0 saturated carbocycles. The van der Waals surface area contributed by atoms with Gasteiger partial charge in [-0.05, 0) is 25.7 Å². The predicted molar refractivity (Wildman–Crippen MR) is 71.9 cm³/mol. The molecule has 19 heavy (non-hydrogen) atoms. The molecule has 0 bridgehead atoms. The largest absolute Gasteiger partial charge is 0.480 e. The summed E-state index contributed by atoms with van der Waals surface area (Å²) in [5, 5.41) is 14.1. The third-order valence-corrected chi connectivity index (χ3v) is 2.65.